The molecule has 0 spiro atoms. The fourth-order valence-corrected chi connectivity index (χ4v) is 3.32. The van der Waals surface area contributed by atoms with Gasteiger partial charge in [-0.15, -0.1) is 0 Å². The number of rotatable bonds is 2. The summed E-state index contributed by atoms with van der Waals surface area (Å²) >= 11 is 3.85. The molecular formula is C17H19Br. The minimum absolute atomic E-state index is 0.276. The highest BCUT2D eigenvalue weighted by molar-refractivity contribution is 9.09. The highest BCUT2D eigenvalue weighted by Gasteiger charge is 2.15. The molecule has 0 saturated heterocycles. The lowest BCUT2D eigenvalue weighted by atomic mass is 9.94. The van der Waals surface area contributed by atoms with Crippen molar-refractivity contribution in [3.8, 4) is 0 Å². The summed E-state index contributed by atoms with van der Waals surface area (Å²) in [5.74, 6) is 0. The molecule has 0 saturated carbocycles. The molecule has 0 nitrogen and oxygen atoms in total. The third kappa shape index (κ3) is 2.51. The maximum Gasteiger partial charge on any atom is 0.0649 e. The average molecular weight is 303 g/mol. The predicted molar refractivity (Wildman–Crippen MR) is 82.6 cm³/mol. The second kappa shape index (κ2) is 5.27. The SMILES string of the molecule is Cc1ccc(C(Br)c2c(C)cccc2C)cc1C. The van der Waals surface area contributed by atoms with Gasteiger partial charge in [0.05, 0.1) is 4.83 Å². The van der Waals surface area contributed by atoms with Crippen LogP contribution in [0.1, 0.15) is 38.2 Å². The molecule has 0 aromatic heterocycles. The van der Waals surface area contributed by atoms with Gasteiger partial charge in [0.25, 0.3) is 0 Å². The normalized spacial score (nSPS) is 12.5. The number of halogens is 1. The van der Waals surface area contributed by atoms with Crippen molar-refractivity contribution in [2.24, 2.45) is 0 Å². The van der Waals surface area contributed by atoms with Gasteiger partial charge in [-0.05, 0) is 61.1 Å². The third-order valence-corrected chi connectivity index (χ3v) is 4.61. The van der Waals surface area contributed by atoms with Crippen LogP contribution < -0.4 is 0 Å². The molecule has 0 bridgehead atoms. The van der Waals surface area contributed by atoms with Crippen LogP contribution >= 0.6 is 15.9 Å². The van der Waals surface area contributed by atoms with Crippen molar-refractivity contribution in [2.45, 2.75) is 32.5 Å². The topological polar surface area (TPSA) is 0 Å². The second-order valence-electron chi connectivity index (χ2n) is 5.01. The summed E-state index contributed by atoms with van der Waals surface area (Å²) in [5, 5.41) is 0. The average Bonchev–Trinajstić information content (AvgIpc) is 2.32. The quantitative estimate of drug-likeness (QED) is 0.651. The Morgan fingerprint density at radius 1 is 0.778 bits per heavy atom. The van der Waals surface area contributed by atoms with Gasteiger partial charge in [0, 0.05) is 0 Å². The van der Waals surface area contributed by atoms with Crippen LogP contribution in [0.4, 0.5) is 0 Å². The Bertz CT molecular complexity index is 550. The molecule has 0 radical (unpaired) electrons. The number of benzene rings is 2. The van der Waals surface area contributed by atoms with E-state index in [0.717, 1.165) is 0 Å². The maximum atomic E-state index is 3.85. The first-order valence-electron chi connectivity index (χ1n) is 6.28. The number of aryl methyl sites for hydroxylation is 4. The number of hydrogen-bond acceptors (Lipinski definition) is 0. The minimum Gasteiger partial charge on any atom is -0.0786 e. The van der Waals surface area contributed by atoms with E-state index in [0.29, 0.717) is 0 Å². The molecule has 0 fully saturated rings. The fraction of sp³-hybridized carbons (Fsp3) is 0.294. The molecule has 18 heavy (non-hydrogen) atoms. The molecule has 2 rings (SSSR count). The highest BCUT2D eigenvalue weighted by atomic mass is 79.9. The smallest absolute Gasteiger partial charge is 0.0649 e. The van der Waals surface area contributed by atoms with Crippen molar-refractivity contribution in [1.82, 2.24) is 0 Å². The first-order valence-corrected chi connectivity index (χ1v) is 7.19. The lowest BCUT2D eigenvalue weighted by molar-refractivity contribution is 1.10. The molecule has 0 heterocycles. The van der Waals surface area contributed by atoms with Crippen LogP contribution in [0, 0.1) is 27.7 Å². The second-order valence-corrected chi connectivity index (χ2v) is 5.93. The van der Waals surface area contributed by atoms with Gasteiger partial charge >= 0.3 is 0 Å². The third-order valence-electron chi connectivity index (χ3n) is 3.62. The van der Waals surface area contributed by atoms with E-state index in [-0.39, 0.29) is 4.83 Å². The van der Waals surface area contributed by atoms with Crippen LogP contribution in [0.15, 0.2) is 36.4 Å². The van der Waals surface area contributed by atoms with Crippen molar-refractivity contribution < 1.29 is 0 Å². The molecule has 94 valence electrons. The van der Waals surface area contributed by atoms with Crippen LogP contribution in [0.3, 0.4) is 0 Å². The zero-order valence-corrected chi connectivity index (χ0v) is 13.0. The van der Waals surface area contributed by atoms with E-state index < -0.39 is 0 Å². The molecule has 2 aromatic rings. The summed E-state index contributed by atoms with van der Waals surface area (Å²) in [7, 11) is 0. The predicted octanol–water partition coefficient (Wildman–Crippen LogP) is 5.40. The molecule has 1 atom stereocenters. The fourth-order valence-electron chi connectivity index (χ4n) is 2.32. The standard InChI is InChI=1S/C17H19Br/c1-11-8-9-15(10-14(11)4)17(18)16-12(2)6-5-7-13(16)3/h5-10,17H,1-4H3. The van der Waals surface area contributed by atoms with Gasteiger partial charge in [0.1, 0.15) is 0 Å². The molecule has 0 N–H and O–H groups in total. The molecule has 0 aliphatic heterocycles. The van der Waals surface area contributed by atoms with Crippen molar-refractivity contribution in [3.63, 3.8) is 0 Å². The monoisotopic (exact) mass is 302 g/mol. The van der Waals surface area contributed by atoms with Crippen LogP contribution in [-0.4, -0.2) is 0 Å². The summed E-state index contributed by atoms with van der Waals surface area (Å²) in [6.45, 7) is 8.68. The molecule has 0 aliphatic rings. The Balaban J connectivity index is 2.48. The van der Waals surface area contributed by atoms with Crippen LogP contribution in [0.5, 0.6) is 0 Å². The summed E-state index contributed by atoms with van der Waals surface area (Å²) in [6.07, 6.45) is 0. The van der Waals surface area contributed by atoms with E-state index in [1.165, 1.54) is 33.4 Å². The first-order chi connectivity index (χ1) is 8.50. The van der Waals surface area contributed by atoms with E-state index >= 15 is 0 Å². The van der Waals surface area contributed by atoms with E-state index in [2.05, 4.69) is 80.0 Å². The van der Waals surface area contributed by atoms with Gasteiger partial charge in [0.15, 0.2) is 0 Å². The van der Waals surface area contributed by atoms with Crippen molar-refractivity contribution in [2.75, 3.05) is 0 Å². The summed E-state index contributed by atoms with van der Waals surface area (Å²) < 4.78 is 0. The molecule has 1 heteroatoms. The molecule has 0 aliphatic carbocycles. The first kappa shape index (κ1) is 13.4. The number of alkyl halides is 1. The zero-order valence-electron chi connectivity index (χ0n) is 11.4. The summed E-state index contributed by atoms with van der Waals surface area (Å²) in [5.41, 5.74) is 8.10. The Morgan fingerprint density at radius 2 is 1.39 bits per heavy atom. The van der Waals surface area contributed by atoms with Gasteiger partial charge in [0.2, 0.25) is 0 Å². The molecule has 0 amide bonds. The molecule has 2 aromatic carbocycles. The number of hydrogen-bond donors (Lipinski definition) is 0. The molecular weight excluding hydrogens is 284 g/mol. The van der Waals surface area contributed by atoms with Gasteiger partial charge < -0.3 is 0 Å². The van der Waals surface area contributed by atoms with Crippen molar-refractivity contribution >= 4 is 15.9 Å². The van der Waals surface area contributed by atoms with E-state index in [4.69, 9.17) is 0 Å². The van der Waals surface area contributed by atoms with E-state index in [9.17, 15) is 0 Å². The minimum atomic E-state index is 0.276. The maximum absolute atomic E-state index is 3.85. The zero-order chi connectivity index (χ0) is 13.3. The Hall–Kier alpha value is -1.08. The van der Waals surface area contributed by atoms with Crippen LogP contribution in [0.2, 0.25) is 0 Å². The van der Waals surface area contributed by atoms with Gasteiger partial charge in [-0.3, -0.25) is 0 Å². The lowest BCUT2D eigenvalue weighted by Gasteiger charge is -2.17. The van der Waals surface area contributed by atoms with Crippen molar-refractivity contribution in [3.05, 3.63) is 69.8 Å². The van der Waals surface area contributed by atoms with Crippen LogP contribution in [-0.2, 0) is 0 Å². The Kier molecular flexibility index (Phi) is 3.91. The highest BCUT2D eigenvalue weighted by Crippen LogP contribution is 2.35. The lowest BCUT2D eigenvalue weighted by Crippen LogP contribution is -1.99. The van der Waals surface area contributed by atoms with Gasteiger partial charge in [-0.2, -0.15) is 0 Å². The van der Waals surface area contributed by atoms with E-state index in [1.807, 2.05) is 0 Å². The Morgan fingerprint density at radius 3 is 1.94 bits per heavy atom. The van der Waals surface area contributed by atoms with Crippen LogP contribution in [0.25, 0.3) is 0 Å². The van der Waals surface area contributed by atoms with Gasteiger partial charge in [-0.1, -0.05) is 52.3 Å². The van der Waals surface area contributed by atoms with E-state index in [1.54, 1.807) is 0 Å². The molecule has 1 unspecified atom stereocenters. The van der Waals surface area contributed by atoms with Gasteiger partial charge in [-0.25, -0.2) is 0 Å². The summed E-state index contributed by atoms with van der Waals surface area (Å²) in [6, 6.07) is 13.2. The Labute approximate surface area is 118 Å². The largest absolute Gasteiger partial charge is 0.0786 e. The van der Waals surface area contributed by atoms with Crippen molar-refractivity contribution in [1.29, 1.82) is 0 Å². The summed E-state index contributed by atoms with van der Waals surface area (Å²) in [4.78, 5) is 0.276.